The molecule has 9 heteroatoms. The summed E-state index contributed by atoms with van der Waals surface area (Å²) in [5, 5.41) is 2.94. The third-order valence-corrected chi connectivity index (χ3v) is 8.31. The molecule has 0 unspecified atom stereocenters. The number of amides is 2. The van der Waals surface area contributed by atoms with Crippen LogP contribution in [0.5, 0.6) is 5.75 Å². The van der Waals surface area contributed by atoms with Crippen molar-refractivity contribution in [2.45, 2.75) is 44.6 Å². The van der Waals surface area contributed by atoms with E-state index in [1.165, 1.54) is 24.1 Å². The van der Waals surface area contributed by atoms with Crippen LogP contribution < -0.4 is 14.4 Å². The minimum absolute atomic E-state index is 0.0301. The first-order chi connectivity index (χ1) is 19.2. The van der Waals surface area contributed by atoms with Crippen LogP contribution in [0.25, 0.3) is 0 Å². The Morgan fingerprint density at radius 2 is 1.50 bits per heavy atom. The van der Waals surface area contributed by atoms with Crippen molar-refractivity contribution in [1.29, 1.82) is 0 Å². The predicted octanol–water partition coefficient (Wildman–Crippen LogP) is 4.51. The maximum absolute atomic E-state index is 14.0. The molecule has 214 valence electrons. The summed E-state index contributed by atoms with van der Waals surface area (Å²) in [4.78, 5) is 28.8. The van der Waals surface area contributed by atoms with E-state index in [4.69, 9.17) is 4.74 Å². The molecule has 3 aromatic rings. The minimum atomic E-state index is -4.12. The Balaban J connectivity index is 1.97. The number of methoxy groups -OCH3 is 1. The molecule has 0 aliphatic carbocycles. The van der Waals surface area contributed by atoms with Crippen LogP contribution >= 0.6 is 0 Å². The van der Waals surface area contributed by atoms with Gasteiger partial charge in [-0.2, -0.15) is 0 Å². The van der Waals surface area contributed by atoms with Gasteiger partial charge in [0.2, 0.25) is 11.8 Å². The molecule has 0 heterocycles. The number of carbonyl (C=O) groups is 2. The molecule has 0 bridgehead atoms. The van der Waals surface area contributed by atoms with Crippen molar-refractivity contribution in [2.24, 2.45) is 5.92 Å². The highest BCUT2D eigenvalue weighted by Crippen LogP contribution is 2.25. The van der Waals surface area contributed by atoms with Gasteiger partial charge in [-0.1, -0.05) is 69.3 Å². The summed E-state index contributed by atoms with van der Waals surface area (Å²) in [5.41, 5.74) is 1.37. The normalized spacial score (nSPS) is 12.0. The van der Waals surface area contributed by atoms with Crippen molar-refractivity contribution in [3.8, 4) is 5.75 Å². The van der Waals surface area contributed by atoms with E-state index in [1.807, 2.05) is 51.1 Å². The summed E-state index contributed by atoms with van der Waals surface area (Å²) in [6, 6.07) is 23.5. The molecular formula is C31H39N3O5S. The second kappa shape index (κ2) is 14.5. The SMILES string of the molecule is CC[C@@H](C(=O)NCC(C)C)N(CCc1ccccc1)C(=O)CN(c1ccccc1)S(=O)(=O)c1ccc(OC)cc1. The van der Waals surface area contributed by atoms with Crippen molar-refractivity contribution >= 4 is 27.5 Å². The van der Waals surface area contributed by atoms with Crippen LogP contribution in [-0.4, -0.2) is 57.9 Å². The second-order valence-electron chi connectivity index (χ2n) is 9.91. The number of hydrogen-bond acceptors (Lipinski definition) is 5. The van der Waals surface area contributed by atoms with Crippen LogP contribution in [-0.2, 0) is 26.0 Å². The third-order valence-electron chi connectivity index (χ3n) is 6.53. The van der Waals surface area contributed by atoms with Gasteiger partial charge >= 0.3 is 0 Å². The maximum Gasteiger partial charge on any atom is 0.264 e. The fourth-order valence-corrected chi connectivity index (χ4v) is 5.73. The van der Waals surface area contributed by atoms with Gasteiger partial charge in [-0.25, -0.2) is 8.42 Å². The number of nitrogens with zero attached hydrogens (tertiary/aromatic N) is 2. The first-order valence-corrected chi connectivity index (χ1v) is 14.9. The highest BCUT2D eigenvalue weighted by molar-refractivity contribution is 7.92. The van der Waals surface area contributed by atoms with Crippen molar-refractivity contribution in [3.63, 3.8) is 0 Å². The minimum Gasteiger partial charge on any atom is -0.497 e. The highest BCUT2D eigenvalue weighted by Gasteiger charge is 2.33. The standard InChI is InChI=1S/C31H39N3O5S/c1-5-29(31(36)32-22-24(2)3)33(21-20-25-12-8-6-9-13-25)30(35)23-34(26-14-10-7-11-15-26)40(37,38)28-18-16-27(39-4)17-19-28/h6-19,24,29H,5,20-23H2,1-4H3,(H,32,36)/t29-/m0/s1. The summed E-state index contributed by atoms with van der Waals surface area (Å²) < 4.78 is 34.0. The summed E-state index contributed by atoms with van der Waals surface area (Å²) in [5.74, 6) is 0.0648. The number of sulfonamides is 1. The number of anilines is 1. The molecule has 0 aromatic heterocycles. The molecule has 3 rings (SSSR count). The van der Waals surface area contributed by atoms with E-state index in [0.717, 1.165) is 9.87 Å². The van der Waals surface area contributed by atoms with Crippen molar-refractivity contribution < 1.29 is 22.7 Å². The number of benzene rings is 3. The first kappa shape index (κ1) is 30.7. The molecule has 1 N–H and O–H groups in total. The fourth-order valence-electron chi connectivity index (χ4n) is 4.32. The molecule has 8 nitrogen and oxygen atoms in total. The number of carbonyl (C=O) groups excluding carboxylic acids is 2. The topological polar surface area (TPSA) is 96.0 Å². The van der Waals surface area contributed by atoms with Gasteiger partial charge in [-0.05, 0) is 60.7 Å². The lowest BCUT2D eigenvalue weighted by Crippen LogP contribution is -2.53. The van der Waals surface area contributed by atoms with Gasteiger partial charge in [0.05, 0.1) is 17.7 Å². The molecule has 0 aliphatic rings. The van der Waals surface area contributed by atoms with Crippen molar-refractivity contribution in [1.82, 2.24) is 10.2 Å². The van der Waals surface area contributed by atoms with E-state index in [0.29, 0.717) is 30.8 Å². The average Bonchev–Trinajstić information content (AvgIpc) is 2.97. The Bertz CT molecular complexity index is 1330. The van der Waals surface area contributed by atoms with Gasteiger partial charge in [0.1, 0.15) is 18.3 Å². The lowest BCUT2D eigenvalue weighted by atomic mass is 10.1. The van der Waals surface area contributed by atoms with Gasteiger partial charge in [0, 0.05) is 13.1 Å². The van der Waals surface area contributed by atoms with E-state index in [-0.39, 0.29) is 23.3 Å². The summed E-state index contributed by atoms with van der Waals surface area (Å²) in [6.07, 6.45) is 0.915. The molecular weight excluding hydrogens is 526 g/mol. The Kier molecular flexibility index (Phi) is 11.1. The van der Waals surface area contributed by atoms with Gasteiger partial charge in [-0.15, -0.1) is 0 Å². The smallest absolute Gasteiger partial charge is 0.264 e. The molecule has 3 aromatic carbocycles. The van der Waals surface area contributed by atoms with Crippen LogP contribution in [0.2, 0.25) is 0 Å². The Morgan fingerprint density at radius 3 is 2.05 bits per heavy atom. The molecule has 0 saturated carbocycles. The van der Waals surface area contributed by atoms with Gasteiger partial charge in [0.15, 0.2) is 0 Å². The summed E-state index contributed by atoms with van der Waals surface area (Å²) in [7, 11) is -2.62. The number of ether oxygens (including phenoxy) is 1. The van der Waals surface area contributed by atoms with Crippen LogP contribution in [0.1, 0.15) is 32.8 Å². The van der Waals surface area contributed by atoms with Crippen molar-refractivity contribution in [2.75, 3.05) is 31.0 Å². The maximum atomic E-state index is 14.0. The van der Waals surface area contributed by atoms with E-state index in [9.17, 15) is 18.0 Å². The molecule has 0 aliphatic heterocycles. The Labute approximate surface area is 238 Å². The Hall–Kier alpha value is -3.85. The van der Waals surface area contributed by atoms with Crippen molar-refractivity contribution in [3.05, 3.63) is 90.5 Å². The number of rotatable bonds is 14. The van der Waals surface area contributed by atoms with Crippen LogP contribution in [0, 0.1) is 5.92 Å². The van der Waals surface area contributed by atoms with Crippen LogP contribution in [0.3, 0.4) is 0 Å². The van der Waals surface area contributed by atoms with E-state index in [2.05, 4.69) is 5.32 Å². The average molecular weight is 566 g/mol. The van der Waals surface area contributed by atoms with Gasteiger partial charge < -0.3 is 15.0 Å². The lowest BCUT2D eigenvalue weighted by Gasteiger charge is -2.33. The zero-order valence-electron chi connectivity index (χ0n) is 23.6. The zero-order valence-corrected chi connectivity index (χ0v) is 24.4. The first-order valence-electron chi connectivity index (χ1n) is 13.5. The molecule has 40 heavy (non-hydrogen) atoms. The quantitative estimate of drug-likeness (QED) is 0.310. The molecule has 0 fully saturated rings. The zero-order chi connectivity index (χ0) is 29.1. The highest BCUT2D eigenvalue weighted by atomic mass is 32.2. The van der Waals surface area contributed by atoms with E-state index >= 15 is 0 Å². The van der Waals surface area contributed by atoms with E-state index in [1.54, 1.807) is 42.5 Å². The largest absolute Gasteiger partial charge is 0.497 e. The fraction of sp³-hybridized carbons (Fsp3) is 0.355. The summed E-state index contributed by atoms with van der Waals surface area (Å²) >= 11 is 0. The number of para-hydroxylation sites is 1. The third kappa shape index (κ3) is 8.08. The molecule has 1 atom stereocenters. The molecule has 0 radical (unpaired) electrons. The predicted molar refractivity (Wildman–Crippen MR) is 158 cm³/mol. The van der Waals surface area contributed by atoms with Crippen LogP contribution in [0.15, 0.2) is 89.8 Å². The molecule has 2 amide bonds. The molecule has 0 saturated heterocycles. The lowest BCUT2D eigenvalue weighted by molar-refractivity contribution is -0.139. The summed E-state index contributed by atoms with van der Waals surface area (Å²) in [6.45, 7) is 6.15. The van der Waals surface area contributed by atoms with Gasteiger partial charge in [-0.3, -0.25) is 13.9 Å². The van der Waals surface area contributed by atoms with Gasteiger partial charge in [0.25, 0.3) is 10.0 Å². The number of nitrogens with one attached hydrogen (secondary N) is 1. The monoisotopic (exact) mass is 565 g/mol. The Morgan fingerprint density at radius 1 is 0.900 bits per heavy atom. The molecule has 0 spiro atoms. The van der Waals surface area contributed by atoms with E-state index < -0.39 is 28.5 Å². The second-order valence-corrected chi connectivity index (χ2v) is 11.8. The number of hydrogen-bond donors (Lipinski definition) is 1. The van der Waals surface area contributed by atoms with Crippen LogP contribution in [0.4, 0.5) is 5.69 Å².